The second-order valence-electron chi connectivity index (χ2n) is 11.7. The number of nitrogens with one attached hydrogen (secondary N) is 1. The minimum absolute atomic E-state index is 0.00397. The van der Waals surface area contributed by atoms with E-state index in [2.05, 4.69) is 16.5 Å². The Hall–Kier alpha value is -5.58. The van der Waals surface area contributed by atoms with Gasteiger partial charge in [0, 0.05) is 30.2 Å². The number of phenolic OH excluding ortho intramolecular Hbond substituents is 1. The van der Waals surface area contributed by atoms with E-state index in [0.717, 1.165) is 5.56 Å². The van der Waals surface area contributed by atoms with E-state index in [0.29, 0.717) is 27.7 Å². The third kappa shape index (κ3) is 4.26. The zero-order valence-electron chi connectivity index (χ0n) is 24.8. The average Bonchev–Trinajstić information content (AvgIpc) is 3.33. The summed E-state index contributed by atoms with van der Waals surface area (Å²) in [5.41, 5.74) is 1.39. The normalized spacial score (nSPS) is 13.7. The van der Waals surface area contributed by atoms with Gasteiger partial charge in [0.25, 0.3) is 5.56 Å². The number of aromatic hydroxyl groups is 1. The van der Waals surface area contributed by atoms with Gasteiger partial charge in [-0.1, -0.05) is 44.7 Å². The number of aromatic amines is 1. The van der Waals surface area contributed by atoms with E-state index in [-0.39, 0.29) is 58.4 Å². The number of nitrogens with zero attached hydrogens (tertiary/aromatic N) is 5. The largest absolute Gasteiger partial charge is 0.508 e. The molecule has 0 bridgehead atoms. The summed E-state index contributed by atoms with van der Waals surface area (Å²) in [7, 11) is 0. The third-order valence-corrected chi connectivity index (χ3v) is 8.51. The minimum Gasteiger partial charge on any atom is -0.508 e. The molecule has 11 heteroatoms. The number of carbonyl (C=O) groups excluding carboxylic acids is 1. The fourth-order valence-electron chi connectivity index (χ4n) is 6.35. The molecule has 0 spiro atoms. The Balaban J connectivity index is 1.62. The lowest BCUT2D eigenvalue weighted by molar-refractivity contribution is -0.131. The van der Waals surface area contributed by atoms with E-state index in [4.69, 9.17) is 4.98 Å². The van der Waals surface area contributed by atoms with Gasteiger partial charge >= 0.3 is 5.69 Å². The second kappa shape index (κ2) is 10.3. The molecular weight excluding hydrogens is 575 g/mol. The smallest absolute Gasteiger partial charge is 0.327 e. The van der Waals surface area contributed by atoms with Gasteiger partial charge in [-0.05, 0) is 59.5 Å². The van der Waals surface area contributed by atoms with Crippen molar-refractivity contribution in [3.8, 4) is 22.7 Å². The lowest BCUT2D eigenvalue weighted by atomic mass is 10.00. The molecule has 1 saturated heterocycles. The number of hydrogen-bond acceptors (Lipinski definition) is 6. The molecule has 2 aromatic carbocycles. The summed E-state index contributed by atoms with van der Waals surface area (Å²) in [5.74, 6) is -1.12. The molecule has 226 valence electrons. The van der Waals surface area contributed by atoms with Gasteiger partial charge in [-0.15, -0.1) is 0 Å². The predicted octanol–water partition coefficient (Wildman–Crippen LogP) is 5.09. The Morgan fingerprint density at radius 1 is 1.13 bits per heavy atom. The van der Waals surface area contributed by atoms with Crippen LogP contribution in [-0.4, -0.2) is 53.1 Å². The molecule has 0 aliphatic carbocycles. The first kappa shape index (κ1) is 28.2. The first-order chi connectivity index (χ1) is 21.6. The van der Waals surface area contributed by atoms with Gasteiger partial charge in [-0.3, -0.25) is 23.7 Å². The molecule has 10 nitrogen and oxygen atoms in total. The highest BCUT2D eigenvalue weighted by Crippen LogP contribution is 2.37. The molecule has 2 N–H and O–H groups in total. The molecule has 7 rings (SSSR count). The fraction of sp³-hybridized carbons (Fsp3) is 0.206. The molecule has 45 heavy (non-hydrogen) atoms. The summed E-state index contributed by atoms with van der Waals surface area (Å²) in [5, 5.41) is 12.1. The second-order valence-corrected chi connectivity index (χ2v) is 11.7. The van der Waals surface area contributed by atoms with E-state index >= 15 is 4.39 Å². The maximum absolute atomic E-state index is 16.4. The van der Waals surface area contributed by atoms with E-state index in [1.165, 1.54) is 32.2 Å². The Morgan fingerprint density at radius 2 is 1.89 bits per heavy atom. The quantitative estimate of drug-likeness (QED) is 0.264. The summed E-state index contributed by atoms with van der Waals surface area (Å²) in [6, 6.07) is 12.9. The zero-order chi connectivity index (χ0) is 31.7. The van der Waals surface area contributed by atoms with Crippen molar-refractivity contribution in [3.05, 3.63) is 105 Å². The molecule has 0 radical (unpaired) electrons. The van der Waals surface area contributed by atoms with Crippen LogP contribution in [-0.2, 0) is 4.79 Å². The van der Waals surface area contributed by atoms with Crippen LogP contribution in [0.1, 0.15) is 37.1 Å². The summed E-state index contributed by atoms with van der Waals surface area (Å²) >= 11 is 0. The number of halogens is 1. The van der Waals surface area contributed by atoms with Gasteiger partial charge in [0.05, 0.1) is 22.9 Å². The maximum Gasteiger partial charge on any atom is 0.327 e. The Kier molecular flexibility index (Phi) is 6.43. The SMILES string of the molecule is C=CC(=O)N1CC(n2c(=O)[nH]c3c(=O)n(-c4c(C)ccnc4C(C)C)c4nc(-c5cc(O)cc6ccccc56)c(F)cc4c32)C1. The number of benzene rings is 2. The molecule has 1 amide bonds. The van der Waals surface area contributed by atoms with E-state index < -0.39 is 23.1 Å². The summed E-state index contributed by atoms with van der Waals surface area (Å²) in [4.78, 5) is 53.7. The molecule has 1 aliphatic heterocycles. The van der Waals surface area contributed by atoms with Crippen molar-refractivity contribution in [1.29, 1.82) is 0 Å². The topological polar surface area (TPSA) is 126 Å². The number of fused-ring (bicyclic) bond motifs is 4. The highest BCUT2D eigenvalue weighted by atomic mass is 19.1. The molecule has 0 atom stereocenters. The number of H-pyrrole nitrogens is 1. The van der Waals surface area contributed by atoms with Crippen LogP contribution in [0.15, 0.2) is 77.0 Å². The molecule has 1 fully saturated rings. The lowest BCUT2D eigenvalue weighted by Crippen LogP contribution is -2.52. The molecule has 6 aromatic rings. The van der Waals surface area contributed by atoms with E-state index in [9.17, 15) is 19.5 Å². The monoisotopic (exact) mass is 604 g/mol. The molecule has 5 heterocycles. The number of aromatic nitrogens is 5. The standard InChI is InChI=1S/C34H29FN6O4/c1-5-26(43)39-15-20(16-39)40-31-24-14-25(35)28(23-13-21(42)12-19-8-6-7-9-22(19)23)37-32(24)41(33(44)29(31)38-34(40)45)30-18(4)10-11-36-27(30)17(2)3/h5-14,17,20,42H,1,15-16H2,2-4H3,(H,38,45). The van der Waals surface area contributed by atoms with Gasteiger partial charge in [0.1, 0.15) is 22.8 Å². The van der Waals surface area contributed by atoms with Crippen molar-refractivity contribution in [1.82, 2.24) is 29.0 Å². The van der Waals surface area contributed by atoms with Crippen molar-refractivity contribution in [2.24, 2.45) is 0 Å². The van der Waals surface area contributed by atoms with Crippen LogP contribution in [0.2, 0.25) is 0 Å². The summed E-state index contributed by atoms with van der Waals surface area (Å²) < 4.78 is 19.2. The lowest BCUT2D eigenvalue weighted by Gasteiger charge is -2.39. The van der Waals surface area contributed by atoms with Crippen LogP contribution in [0.4, 0.5) is 4.39 Å². The van der Waals surface area contributed by atoms with Gasteiger partial charge in [-0.25, -0.2) is 14.2 Å². The van der Waals surface area contributed by atoms with Gasteiger partial charge in [0.2, 0.25) is 5.91 Å². The van der Waals surface area contributed by atoms with Gasteiger partial charge in [0.15, 0.2) is 5.65 Å². The van der Waals surface area contributed by atoms with Crippen molar-refractivity contribution >= 4 is 38.7 Å². The highest BCUT2D eigenvalue weighted by Gasteiger charge is 2.35. The molecular formula is C34H29FN6O4. The summed E-state index contributed by atoms with van der Waals surface area (Å²) in [6.07, 6.45) is 2.87. The minimum atomic E-state index is -0.700. The van der Waals surface area contributed by atoms with Crippen molar-refractivity contribution in [2.45, 2.75) is 32.7 Å². The number of phenols is 1. The summed E-state index contributed by atoms with van der Waals surface area (Å²) in [6.45, 7) is 9.75. The van der Waals surface area contributed by atoms with Crippen LogP contribution in [0.5, 0.6) is 5.75 Å². The van der Waals surface area contributed by atoms with Crippen LogP contribution in [0.25, 0.3) is 49.8 Å². The van der Waals surface area contributed by atoms with Crippen LogP contribution in [0, 0.1) is 12.7 Å². The average molecular weight is 605 g/mol. The Bertz CT molecular complexity index is 2350. The van der Waals surface area contributed by atoms with Gasteiger partial charge < -0.3 is 15.0 Å². The van der Waals surface area contributed by atoms with Crippen molar-refractivity contribution in [2.75, 3.05) is 13.1 Å². The van der Waals surface area contributed by atoms with Crippen molar-refractivity contribution < 1.29 is 14.3 Å². The number of imidazole rings is 1. The zero-order valence-corrected chi connectivity index (χ0v) is 24.8. The van der Waals surface area contributed by atoms with Crippen molar-refractivity contribution in [3.63, 3.8) is 0 Å². The molecule has 4 aromatic heterocycles. The highest BCUT2D eigenvalue weighted by molar-refractivity contribution is 6.04. The number of amides is 1. The first-order valence-corrected chi connectivity index (χ1v) is 14.6. The van der Waals surface area contributed by atoms with Crippen LogP contribution >= 0.6 is 0 Å². The number of rotatable bonds is 5. The molecule has 1 aliphatic rings. The predicted molar refractivity (Wildman–Crippen MR) is 170 cm³/mol. The van der Waals surface area contributed by atoms with E-state index in [1.54, 1.807) is 18.3 Å². The number of aryl methyl sites for hydroxylation is 1. The molecule has 0 saturated carbocycles. The van der Waals surface area contributed by atoms with Crippen LogP contribution in [0.3, 0.4) is 0 Å². The fourth-order valence-corrected chi connectivity index (χ4v) is 6.35. The number of hydrogen-bond donors (Lipinski definition) is 2. The number of likely N-dealkylation sites (tertiary alicyclic amines) is 1. The number of pyridine rings is 3. The third-order valence-electron chi connectivity index (χ3n) is 8.51. The maximum atomic E-state index is 16.4. The van der Waals surface area contributed by atoms with E-state index in [1.807, 2.05) is 45.0 Å². The Morgan fingerprint density at radius 3 is 2.62 bits per heavy atom. The molecule has 0 unspecified atom stereocenters. The van der Waals surface area contributed by atoms with Gasteiger partial charge in [-0.2, -0.15) is 0 Å². The first-order valence-electron chi connectivity index (χ1n) is 14.6. The Labute approximate surface area is 255 Å². The number of carbonyl (C=O) groups is 1. The van der Waals surface area contributed by atoms with Crippen LogP contribution < -0.4 is 11.2 Å².